The maximum Gasteiger partial charge on any atom is 0.407 e. The van der Waals surface area contributed by atoms with E-state index in [2.05, 4.69) is 21.2 Å². The highest BCUT2D eigenvalue weighted by Crippen LogP contribution is 2.28. The molecule has 1 heterocycles. The molecule has 3 nitrogen and oxygen atoms in total. The van der Waals surface area contributed by atoms with Gasteiger partial charge in [0.25, 0.3) is 0 Å². The highest BCUT2D eigenvalue weighted by Gasteiger charge is 2.25. The number of benzene rings is 1. The van der Waals surface area contributed by atoms with Crippen LogP contribution in [0.15, 0.2) is 22.7 Å². The van der Waals surface area contributed by atoms with Gasteiger partial charge in [0.15, 0.2) is 0 Å². The van der Waals surface area contributed by atoms with Crippen LogP contribution in [-0.2, 0) is 4.74 Å². The van der Waals surface area contributed by atoms with Crippen molar-refractivity contribution in [2.75, 3.05) is 6.61 Å². The van der Waals surface area contributed by atoms with Crippen LogP contribution in [0.4, 0.5) is 4.79 Å². The summed E-state index contributed by atoms with van der Waals surface area (Å²) in [5.41, 5.74) is 0.867. The summed E-state index contributed by atoms with van der Waals surface area (Å²) in [6.07, 6.45) is -0.397. The number of cyclic esters (lactones) is 1. The summed E-state index contributed by atoms with van der Waals surface area (Å²) < 4.78 is 5.72. The van der Waals surface area contributed by atoms with Crippen LogP contribution in [0.5, 0.6) is 0 Å². The summed E-state index contributed by atoms with van der Waals surface area (Å²) in [7, 11) is 0. The van der Waals surface area contributed by atoms with Gasteiger partial charge in [0.05, 0.1) is 6.04 Å². The number of amides is 1. The van der Waals surface area contributed by atoms with Crippen LogP contribution in [0.25, 0.3) is 0 Å². The van der Waals surface area contributed by atoms with Crippen LogP contribution in [0.1, 0.15) is 11.6 Å². The zero-order valence-corrected chi connectivity index (χ0v) is 9.43. The van der Waals surface area contributed by atoms with Crippen molar-refractivity contribution in [3.05, 3.63) is 33.3 Å². The Morgan fingerprint density at radius 1 is 1.57 bits per heavy atom. The zero-order valence-electron chi connectivity index (χ0n) is 7.09. The average molecular weight is 277 g/mol. The number of hydrogen-bond donors (Lipinski definition) is 1. The summed E-state index contributed by atoms with van der Waals surface area (Å²) in [4.78, 5) is 10.8. The minimum absolute atomic E-state index is 0.146. The molecule has 74 valence electrons. The SMILES string of the molecule is O=C1NC(c2cc(Br)ccc2Cl)CO1. The monoisotopic (exact) mass is 275 g/mol. The molecule has 1 N–H and O–H groups in total. The second-order valence-corrected chi connectivity index (χ2v) is 4.28. The number of carbonyl (C=O) groups excluding carboxylic acids is 1. The minimum atomic E-state index is -0.397. The first-order chi connectivity index (χ1) is 6.66. The average Bonchev–Trinajstić information content (AvgIpc) is 2.56. The first-order valence-electron chi connectivity index (χ1n) is 4.05. The lowest BCUT2D eigenvalue weighted by molar-refractivity contribution is 0.177. The van der Waals surface area contributed by atoms with Crippen LogP contribution >= 0.6 is 27.5 Å². The van der Waals surface area contributed by atoms with E-state index in [0.717, 1.165) is 10.0 Å². The summed E-state index contributed by atoms with van der Waals surface area (Å²) >= 11 is 9.34. The fourth-order valence-corrected chi connectivity index (χ4v) is 1.96. The van der Waals surface area contributed by atoms with Crippen LogP contribution in [0.2, 0.25) is 5.02 Å². The number of alkyl carbamates (subject to hydrolysis) is 1. The molecule has 0 saturated carbocycles. The minimum Gasteiger partial charge on any atom is -0.447 e. The van der Waals surface area contributed by atoms with E-state index in [0.29, 0.717) is 11.6 Å². The molecule has 0 spiro atoms. The Hall–Kier alpha value is -0.740. The van der Waals surface area contributed by atoms with Crippen molar-refractivity contribution in [1.29, 1.82) is 0 Å². The predicted octanol–water partition coefficient (Wildman–Crippen LogP) is 2.88. The van der Waals surface area contributed by atoms with Crippen LogP contribution in [-0.4, -0.2) is 12.7 Å². The Bertz CT molecular complexity index is 383. The first-order valence-corrected chi connectivity index (χ1v) is 5.22. The largest absolute Gasteiger partial charge is 0.447 e. The van der Waals surface area contributed by atoms with E-state index in [1.807, 2.05) is 12.1 Å². The summed E-state index contributed by atoms with van der Waals surface area (Å²) in [6, 6.07) is 5.36. The van der Waals surface area contributed by atoms with E-state index in [1.54, 1.807) is 6.07 Å². The molecule has 1 amide bonds. The molecule has 1 aromatic rings. The van der Waals surface area contributed by atoms with Crippen molar-refractivity contribution in [3.63, 3.8) is 0 Å². The molecule has 0 aromatic heterocycles. The third kappa shape index (κ3) is 1.86. The Balaban J connectivity index is 2.31. The highest BCUT2D eigenvalue weighted by atomic mass is 79.9. The molecule has 1 atom stereocenters. The van der Waals surface area contributed by atoms with Crippen LogP contribution in [0, 0.1) is 0 Å². The zero-order chi connectivity index (χ0) is 10.1. The molecule has 1 aliphatic heterocycles. The summed E-state index contributed by atoms with van der Waals surface area (Å²) in [5, 5.41) is 3.30. The molecule has 1 aliphatic rings. The number of rotatable bonds is 1. The molecule has 0 aliphatic carbocycles. The molecule has 1 saturated heterocycles. The van der Waals surface area contributed by atoms with Crippen molar-refractivity contribution in [2.24, 2.45) is 0 Å². The third-order valence-electron chi connectivity index (χ3n) is 2.01. The van der Waals surface area contributed by atoms with E-state index in [9.17, 15) is 4.79 Å². The number of carbonyl (C=O) groups is 1. The number of nitrogens with one attached hydrogen (secondary N) is 1. The maximum absolute atomic E-state index is 10.8. The van der Waals surface area contributed by atoms with Gasteiger partial charge in [-0.3, -0.25) is 0 Å². The van der Waals surface area contributed by atoms with Crippen molar-refractivity contribution in [2.45, 2.75) is 6.04 Å². The van der Waals surface area contributed by atoms with Crippen LogP contribution in [0.3, 0.4) is 0 Å². The van der Waals surface area contributed by atoms with Gasteiger partial charge in [-0.15, -0.1) is 0 Å². The van der Waals surface area contributed by atoms with Gasteiger partial charge in [-0.05, 0) is 23.8 Å². The molecule has 1 unspecified atom stereocenters. The van der Waals surface area contributed by atoms with E-state index >= 15 is 0 Å². The van der Waals surface area contributed by atoms with Gasteiger partial charge in [-0.2, -0.15) is 0 Å². The molecule has 14 heavy (non-hydrogen) atoms. The molecular formula is C9H7BrClNO2. The molecule has 2 rings (SSSR count). The van der Waals surface area contributed by atoms with Crippen LogP contribution < -0.4 is 5.32 Å². The number of hydrogen-bond acceptors (Lipinski definition) is 2. The molecule has 0 radical (unpaired) electrons. The van der Waals surface area contributed by atoms with Gasteiger partial charge >= 0.3 is 6.09 Å². The second kappa shape index (κ2) is 3.79. The summed E-state index contributed by atoms with van der Waals surface area (Å²) in [6.45, 7) is 0.328. The number of halogens is 2. The quantitative estimate of drug-likeness (QED) is 0.856. The lowest BCUT2D eigenvalue weighted by Gasteiger charge is -2.09. The molecule has 0 bridgehead atoms. The molecule has 5 heteroatoms. The fourth-order valence-electron chi connectivity index (χ4n) is 1.33. The van der Waals surface area contributed by atoms with Gasteiger partial charge in [0.1, 0.15) is 6.61 Å². The van der Waals surface area contributed by atoms with Crippen molar-refractivity contribution in [3.8, 4) is 0 Å². The van der Waals surface area contributed by atoms with E-state index in [1.165, 1.54) is 0 Å². The highest BCUT2D eigenvalue weighted by molar-refractivity contribution is 9.10. The van der Waals surface area contributed by atoms with Crippen molar-refractivity contribution >= 4 is 33.6 Å². The Morgan fingerprint density at radius 2 is 2.36 bits per heavy atom. The molecule has 1 aromatic carbocycles. The van der Waals surface area contributed by atoms with Gasteiger partial charge in [0.2, 0.25) is 0 Å². The maximum atomic E-state index is 10.8. The first kappa shape index (κ1) is 9.80. The molecule has 1 fully saturated rings. The van der Waals surface area contributed by atoms with E-state index < -0.39 is 6.09 Å². The Labute approximate surface area is 94.5 Å². The van der Waals surface area contributed by atoms with E-state index in [-0.39, 0.29) is 6.04 Å². The lowest BCUT2D eigenvalue weighted by Crippen LogP contribution is -2.18. The fraction of sp³-hybridized carbons (Fsp3) is 0.222. The number of ether oxygens (including phenoxy) is 1. The van der Waals surface area contributed by atoms with Gasteiger partial charge < -0.3 is 10.1 Å². The normalized spacial score (nSPS) is 20.4. The summed E-state index contributed by atoms with van der Waals surface area (Å²) in [5.74, 6) is 0. The molecular weight excluding hydrogens is 269 g/mol. The standard InChI is InChI=1S/C9H7BrClNO2/c10-5-1-2-7(11)6(3-5)8-4-14-9(13)12-8/h1-3,8H,4H2,(H,12,13). The Kier molecular flexibility index (Phi) is 2.65. The topological polar surface area (TPSA) is 38.3 Å². The predicted molar refractivity (Wildman–Crippen MR) is 56.4 cm³/mol. The third-order valence-corrected chi connectivity index (χ3v) is 2.84. The lowest BCUT2D eigenvalue weighted by atomic mass is 10.1. The van der Waals surface area contributed by atoms with Gasteiger partial charge in [-0.1, -0.05) is 27.5 Å². The Morgan fingerprint density at radius 3 is 3.00 bits per heavy atom. The van der Waals surface area contributed by atoms with E-state index in [4.69, 9.17) is 16.3 Å². The van der Waals surface area contributed by atoms with Crippen molar-refractivity contribution < 1.29 is 9.53 Å². The van der Waals surface area contributed by atoms with Gasteiger partial charge in [-0.25, -0.2) is 4.79 Å². The van der Waals surface area contributed by atoms with Crippen molar-refractivity contribution in [1.82, 2.24) is 5.32 Å². The second-order valence-electron chi connectivity index (χ2n) is 2.96. The smallest absolute Gasteiger partial charge is 0.407 e. The van der Waals surface area contributed by atoms with Gasteiger partial charge in [0, 0.05) is 9.50 Å².